The molecule has 0 atom stereocenters. The molecule has 4 heteroatoms. The first-order valence-corrected chi connectivity index (χ1v) is 8.14. The molecular formula is C17H16BrClO2. The van der Waals surface area contributed by atoms with Gasteiger partial charge in [0.25, 0.3) is 0 Å². The molecule has 0 bridgehead atoms. The van der Waals surface area contributed by atoms with Crippen LogP contribution < -0.4 is 9.47 Å². The van der Waals surface area contributed by atoms with Crippen LogP contribution in [0.1, 0.15) is 25.0 Å². The van der Waals surface area contributed by atoms with Gasteiger partial charge in [-0.3, -0.25) is 0 Å². The maximum atomic E-state index is 6.06. The number of hydrogen-bond donors (Lipinski definition) is 0. The molecule has 0 spiro atoms. The minimum atomic E-state index is -0.184. The van der Waals surface area contributed by atoms with Crippen molar-refractivity contribution in [2.75, 3.05) is 0 Å². The van der Waals surface area contributed by atoms with Crippen LogP contribution in [0.25, 0.3) is 0 Å². The number of halogens is 2. The van der Waals surface area contributed by atoms with Crippen LogP contribution >= 0.6 is 27.5 Å². The molecule has 1 aliphatic heterocycles. The van der Waals surface area contributed by atoms with E-state index in [0.29, 0.717) is 5.88 Å². The van der Waals surface area contributed by atoms with Crippen molar-refractivity contribution in [3.63, 3.8) is 0 Å². The molecule has 0 fully saturated rings. The van der Waals surface area contributed by atoms with Crippen molar-refractivity contribution in [3.05, 3.63) is 52.0 Å². The molecule has 0 saturated carbocycles. The van der Waals surface area contributed by atoms with Gasteiger partial charge in [-0.2, -0.15) is 0 Å². The van der Waals surface area contributed by atoms with Crippen molar-refractivity contribution in [1.29, 1.82) is 0 Å². The number of rotatable bonds is 3. The van der Waals surface area contributed by atoms with Gasteiger partial charge in [0.05, 0.1) is 5.88 Å². The molecule has 0 saturated heterocycles. The summed E-state index contributed by atoms with van der Waals surface area (Å²) in [7, 11) is 0. The van der Waals surface area contributed by atoms with E-state index in [1.54, 1.807) is 0 Å². The first kappa shape index (κ1) is 14.7. The predicted molar refractivity (Wildman–Crippen MR) is 88.6 cm³/mol. The van der Waals surface area contributed by atoms with Gasteiger partial charge in [-0.25, -0.2) is 0 Å². The average molecular weight is 368 g/mol. The Morgan fingerprint density at radius 3 is 2.81 bits per heavy atom. The fraction of sp³-hybridized carbons (Fsp3) is 0.294. The van der Waals surface area contributed by atoms with Crippen LogP contribution in [0, 0.1) is 0 Å². The zero-order chi connectivity index (χ0) is 15.0. The van der Waals surface area contributed by atoms with E-state index in [1.165, 1.54) is 5.56 Å². The third-order valence-electron chi connectivity index (χ3n) is 3.44. The first-order valence-electron chi connectivity index (χ1n) is 6.82. The highest BCUT2D eigenvalue weighted by Gasteiger charge is 2.32. The van der Waals surface area contributed by atoms with Gasteiger partial charge >= 0.3 is 0 Å². The van der Waals surface area contributed by atoms with Crippen LogP contribution in [-0.2, 0) is 12.3 Å². The molecule has 2 aromatic carbocycles. The van der Waals surface area contributed by atoms with Crippen molar-refractivity contribution in [2.24, 2.45) is 0 Å². The Hall–Kier alpha value is -1.19. The summed E-state index contributed by atoms with van der Waals surface area (Å²) < 4.78 is 13.1. The van der Waals surface area contributed by atoms with Gasteiger partial charge in [-0.1, -0.05) is 28.1 Å². The number of para-hydroxylation sites is 1. The van der Waals surface area contributed by atoms with Crippen LogP contribution in [0.3, 0.4) is 0 Å². The second-order valence-electron chi connectivity index (χ2n) is 5.77. The SMILES string of the molecule is CC1(C)Cc2cccc(Oc3ccc(Br)cc3CCl)c2O1. The maximum Gasteiger partial charge on any atom is 0.169 e. The molecule has 110 valence electrons. The van der Waals surface area contributed by atoms with Crippen LogP contribution in [-0.4, -0.2) is 5.60 Å². The minimum absolute atomic E-state index is 0.184. The fourth-order valence-electron chi connectivity index (χ4n) is 2.54. The number of ether oxygens (including phenoxy) is 2. The van der Waals surface area contributed by atoms with E-state index in [1.807, 2.05) is 30.3 Å². The number of benzene rings is 2. The van der Waals surface area contributed by atoms with Crippen molar-refractivity contribution >= 4 is 27.5 Å². The van der Waals surface area contributed by atoms with Gasteiger partial charge in [0.2, 0.25) is 0 Å². The zero-order valence-corrected chi connectivity index (χ0v) is 14.3. The highest BCUT2D eigenvalue weighted by Crippen LogP contribution is 2.44. The van der Waals surface area contributed by atoms with Crippen molar-refractivity contribution in [3.8, 4) is 17.2 Å². The largest absolute Gasteiger partial charge is 0.483 e. The van der Waals surface area contributed by atoms with E-state index in [9.17, 15) is 0 Å². The molecule has 3 rings (SSSR count). The number of hydrogen-bond acceptors (Lipinski definition) is 2. The topological polar surface area (TPSA) is 18.5 Å². The lowest BCUT2D eigenvalue weighted by Crippen LogP contribution is -2.24. The highest BCUT2D eigenvalue weighted by molar-refractivity contribution is 9.10. The Kier molecular flexibility index (Phi) is 3.89. The van der Waals surface area contributed by atoms with Crippen LogP contribution in [0.5, 0.6) is 17.2 Å². The lowest BCUT2D eigenvalue weighted by molar-refractivity contribution is 0.135. The second-order valence-corrected chi connectivity index (χ2v) is 6.95. The van der Waals surface area contributed by atoms with E-state index < -0.39 is 0 Å². The molecule has 2 nitrogen and oxygen atoms in total. The molecular weight excluding hydrogens is 352 g/mol. The lowest BCUT2D eigenvalue weighted by Gasteiger charge is -2.18. The molecule has 2 aromatic rings. The van der Waals surface area contributed by atoms with Gasteiger partial charge in [-0.15, -0.1) is 11.6 Å². The molecule has 1 aliphatic rings. The molecule has 21 heavy (non-hydrogen) atoms. The van der Waals surface area contributed by atoms with Crippen molar-refractivity contribution in [1.82, 2.24) is 0 Å². The Morgan fingerprint density at radius 1 is 1.24 bits per heavy atom. The van der Waals surface area contributed by atoms with Crippen LogP contribution in [0.15, 0.2) is 40.9 Å². The maximum absolute atomic E-state index is 6.06. The summed E-state index contributed by atoms with van der Waals surface area (Å²) in [6, 6.07) is 11.8. The summed E-state index contributed by atoms with van der Waals surface area (Å²) in [6.07, 6.45) is 0.891. The zero-order valence-electron chi connectivity index (χ0n) is 12.0. The van der Waals surface area contributed by atoms with Gasteiger partial charge in [-0.05, 0) is 38.1 Å². The molecule has 1 heterocycles. The van der Waals surface area contributed by atoms with Crippen molar-refractivity contribution in [2.45, 2.75) is 31.7 Å². The van der Waals surface area contributed by atoms with E-state index in [-0.39, 0.29) is 5.60 Å². The van der Waals surface area contributed by atoms with Crippen LogP contribution in [0.4, 0.5) is 0 Å². The summed E-state index contributed by atoms with van der Waals surface area (Å²) >= 11 is 9.45. The molecule has 0 radical (unpaired) electrons. The number of fused-ring (bicyclic) bond motifs is 1. The summed E-state index contributed by atoms with van der Waals surface area (Å²) in [6.45, 7) is 4.17. The summed E-state index contributed by atoms with van der Waals surface area (Å²) in [4.78, 5) is 0. The Labute approximate surface area is 138 Å². The lowest BCUT2D eigenvalue weighted by atomic mass is 10.0. The van der Waals surface area contributed by atoms with E-state index >= 15 is 0 Å². The average Bonchev–Trinajstić information content (AvgIpc) is 2.75. The number of alkyl halides is 1. The normalized spacial score (nSPS) is 15.4. The highest BCUT2D eigenvalue weighted by atomic mass is 79.9. The standard InChI is InChI=1S/C17H16BrClO2/c1-17(2)9-11-4-3-5-15(16(11)21-17)20-14-7-6-13(18)8-12(14)10-19/h3-8H,9-10H2,1-2H3. The van der Waals surface area contributed by atoms with E-state index in [4.69, 9.17) is 21.1 Å². The summed E-state index contributed by atoms with van der Waals surface area (Å²) in [5.41, 5.74) is 1.94. The summed E-state index contributed by atoms with van der Waals surface area (Å²) in [5.74, 6) is 2.74. The van der Waals surface area contributed by atoms with Gasteiger partial charge in [0.15, 0.2) is 11.5 Å². The molecule has 0 aliphatic carbocycles. The Morgan fingerprint density at radius 2 is 2.05 bits per heavy atom. The summed E-state index contributed by atoms with van der Waals surface area (Å²) in [5, 5.41) is 0. The fourth-order valence-corrected chi connectivity index (χ4v) is 3.16. The Bertz CT molecular complexity index is 682. The quantitative estimate of drug-likeness (QED) is 0.648. The smallest absolute Gasteiger partial charge is 0.169 e. The van der Waals surface area contributed by atoms with Crippen molar-refractivity contribution < 1.29 is 9.47 Å². The van der Waals surface area contributed by atoms with E-state index in [0.717, 1.165) is 33.7 Å². The third kappa shape index (κ3) is 3.04. The first-order chi connectivity index (χ1) is 9.98. The molecule has 0 amide bonds. The van der Waals surface area contributed by atoms with Gasteiger partial charge < -0.3 is 9.47 Å². The van der Waals surface area contributed by atoms with Gasteiger partial charge in [0, 0.05) is 22.0 Å². The van der Waals surface area contributed by atoms with E-state index in [2.05, 4.69) is 35.8 Å². The molecule has 0 N–H and O–H groups in total. The third-order valence-corrected chi connectivity index (χ3v) is 4.22. The predicted octanol–water partition coefficient (Wildman–Crippen LogP) is 5.69. The van der Waals surface area contributed by atoms with Gasteiger partial charge in [0.1, 0.15) is 11.4 Å². The Balaban J connectivity index is 1.96. The molecule has 0 unspecified atom stereocenters. The monoisotopic (exact) mass is 366 g/mol. The van der Waals surface area contributed by atoms with Crippen LogP contribution in [0.2, 0.25) is 0 Å². The minimum Gasteiger partial charge on any atom is -0.483 e. The molecule has 0 aromatic heterocycles. The second kappa shape index (κ2) is 5.54.